The summed E-state index contributed by atoms with van der Waals surface area (Å²) in [5.41, 5.74) is 0. The molecular weight excluding hydrogens is 306 g/mol. The van der Waals surface area contributed by atoms with Crippen LogP contribution in [0.1, 0.15) is 0 Å². The van der Waals surface area contributed by atoms with E-state index in [0.717, 1.165) is 18.2 Å². The van der Waals surface area contributed by atoms with E-state index >= 15 is 0 Å². The van der Waals surface area contributed by atoms with Gasteiger partial charge in [-0.15, -0.1) is 0 Å². The van der Waals surface area contributed by atoms with E-state index in [-0.39, 0.29) is 13.1 Å². The van der Waals surface area contributed by atoms with E-state index in [1.54, 1.807) is 19.0 Å². The van der Waals surface area contributed by atoms with Crippen molar-refractivity contribution >= 4 is 16.0 Å². The van der Waals surface area contributed by atoms with Crippen molar-refractivity contribution in [1.29, 1.82) is 0 Å². The van der Waals surface area contributed by atoms with Crippen LogP contribution in [0.3, 0.4) is 0 Å². The number of hydrogen-bond donors (Lipinski definition) is 1. The molecule has 0 radical (unpaired) electrons. The molecule has 0 aliphatic heterocycles. The molecule has 0 amide bonds. The Morgan fingerprint density at radius 2 is 1.71 bits per heavy atom. The van der Waals surface area contributed by atoms with Gasteiger partial charge in [-0.25, -0.2) is 17.2 Å². The minimum Gasteiger partial charge on any atom is -0.480 e. The van der Waals surface area contributed by atoms with Crippen molar-refractivity contribution in [2.75, 3.05) is 33.7 Å². The average molecular weight is 322 g/mol. The first-order valence-corrected chi connectivity index (χ1v) is 7.41. The lowest BCUT2D eigenvalue weighted by atomic mass is 10.3. The number of halogens is 2. The quantitative estimate of drug-likeness (QED) is 0.795. The van der Waals surface area contributed by atoms with Gasteiger partial charge in [0, 0.05) is 13.1 Å². The van der Waals surface area contributed by atoms with Gasteiger partial charge in [-0.3, -0.25) is 4.79 Å². The molecule has 0 unspecified atom stereocenters. The van der Waals surface area contributed by atoms with Crippen molar-refractivity contribution in [3.63, 3.8) is 0 Å². The lowest BCUT2D eigenvalue weighted by Gasteiger charge is -2.22. The van der Waals surface area contributed by atoms with Crippen LogP contribution in [0.4, 0.5) is 8.78 Å². The minimum atomic E-state index is -4.58. The van der Waals surface area contributed by atoms with E-state index in [2.05, 4.69) is 0 Å². The van der Waals surface area contributed by atoms with Crippen LogP contribution in [-0.2, 0) is 14.8 Å². The molecule has 118 valence electrons. The predicted molar refractivity (Wildman–Crippen MR) is 71.3 cm³/mol. The van der Waals surface area contributed by atoms with Gasteiger partial charge in [0.15, 0.2) is 4.90 Å². The first-order chi connectivity index (χ1) is 9.66. The van der Waals surface area contributed by atoms with Gasteiger partial charge in [-0.05, 0) is 26.2 Å². The number of likely N-dealkylation sites (N-methyl/N-ethyl adjacent to an activating group) is 1. The summed E-state index contributed by atoms with van der Waals surface area (Å²) in [6, 6.07) is 2.65. The van der Waals surface area contributed by atoms with Crippen molar-refractivity contribution in [2.45, 2.75) is 4.90 Å². The number of carbonyl (C=O) groups is 1. The number of rotatable bonds is 7. The summed E-state index contributed by atoms with van der Waals surface area (Å²) in [5, 5.41) is 8.79. The third-order valence-electron chi connectivity index (χ3n) is 2.63. The monoisotopic (exact) mass is 322 g/mol. The van der Waals surface area contributed by atoms with Crippen LogP contribution in [-0.4, -0.2) is 62.4 Å². The van der Waals surface area contributed by atoms with Crippen molar-refractivity contribution in [3.8, 4) is 0 Å². The maximum absolute atomic E-state index is 13.6. The number of carboxylic acid groups (broad SMARTS) is 1. The molecule has 0 saturated carbocycles. The Morgan fingerprint density at radius 3 is 2.14 bits per heavy atom. The second kappa shape index (κ2) is 6.92. The topological polar surface area (TPSA) is 77.9 Å². The lowest BCUT2D eigenvalue weighted by Crippen LogP contribution is -2.40. The fourth-order valence-electron chi connectivity index (χ4n) is 1.60. The van der Waals surface area contributed by atoms with Crippen LogP contribution < -0.4 is 0 Å². The Hall–Kier alpha value is -1.58. The zero-order chi connectivity index (χ0) is 16.2. The number of nitrogens with zero attached hydrogens (tertiary/aromatic N) is 2. The first kappa shape index (κ1) is 17.5. The largest absolute Gasteiger partial charge is 0.480 e. The molecule has 0 atom stereocenters. The normalized spacial score (nSPS) is 12.1. The van der Waals surface area contributed by atoms with E-state index in [0.29, 0.717) is 4.31 Å². The zero-order valence-electron chi connectivity index (χ0n) is 11.6. The van der Waals surface area contributed by atoms with Crippen LogP contribution >= 0.6 is 0 Å². The van der Waals surface area contributed by atoms with Crippen LogP contribution in [0.2, 0.25) is 0 Å². The maximum Gasteiger partial charge on any atom is 0.318 e. The van der Waals surface area contributed by atoms with Gasteiger partial charge in [-0.2, -0.15) is 4.31 Å². The molecule has 1 rings (SSSR count). The van der Waals surface area contributed by atoms with E-state index in [9.17, 15) is 22.0 Å². The molecule has 0 aliphatic carbocycles. The number of carboxylic acids is 1. The van der Waals surface area contributed by atoms with Crippen molar-refractivity contribution in [3.05, 3.63) is 29.8 Å². The Bertz CT molecular complexity index is 599. The Labute approximate surface area is 121 Å². The molecule has 0 spiro atoms. The first-order valence-electron chi connectivity index (χ1n) is 5.97. The van der Waals surface area contributed by atoms with Gasteiger partial charge in [-0.1, -0.05) is 6.07 Å². The molecule has 1 N–H and O–H groups in total. The standard InChI is InChI=1S/C12H16F2N2O4S/c1-15(2)6-7-16(8-11(17)18)21(19,20)12-9(13)4-3-5-10(12)14/h3-5H,6-8H2,1-2H3,(H,17,18). The SMILES string of the molecule is CN(C)CCN(CC(=O)O)S(=O)(=O)c1c(F)cccc1F. The Morgan fingerprint density at radius 1 is 1.19 bits per heavy atom. The summed E-state index contributed by atoms with van der Waals surface area (Å²) in [6.07, 6.45) is 0. The molecule has 6 nitrogen and oxygen atoms in total. The fraction of sp³-hybridized carbons (Fsp3) is 0.417. The van der Waals surface area contributed by atoms with Crippen LogP contribution in [0.5, 0.6) is 0 Å². The summed E-state index contributed by atoms with van der Waals surface area (Å²) >= 11 is 0. The van der Waals surface area contributed by atoms with Gasteiger partial charge in [0.25, 0.3) is 0 Å². The van der Waals surface area contributed by atoms with Crippen LogP contribution in [0, 0.1) is 11.6 Å². The second-order valence-electron chi connectivity index (χ2n) is 4.59. The number of hydrogen-bond acceptors (Lipinski definition) is 4. The minimum absolute atomic E-state index is 0.199. The molecule has 1 aromatic carbocycles. The van der Waals surface area contributed by atoms with Crippen LogP contribution in [0.25, 0.3) is 0 Å². The second-order valence-corrected chi connectivity index (χ2v) is 6.46. The van der Waals surface area contributed by atoms with Gasteiger partial charge in [0.2, 0.25) is 10.0 Å². The predicted octanol–water partition coefficient (Wildman–Crippen LogP) is 0.602. The Balaban J connectivity index is 3.23. The van der Waals surface area contributed by atoms with Gasteiger partial charge >= 0.3 is 5.97 Å². The highest BCUT2D eigenvalue weighted by Crippen LogP contribution is 2.22. The molecule has 21 heavy (non-hydrogen) atoms. The molecule has 0 heterocycles. The van der Waals surface area contributed by atoms with E-state index in [4.69, 9.17) is 5.11 Å². The molecular formula is C12H16F2N2O4S. The highest BCUT2D eigenvalue weighted by Gasteiger charge is 2.31. The number of benzene rings is 1. The molecule has 0 saturated heterocycles. The highest BCUT2D eigenvalue weighted by molar-refractivity contribution is 7.89. The fourth-order valence-corrected chi connectivity index (χ4v) is 3.09. The van der Waals surface area contributed by atoms with E-state index < -0.39 is 39.1 Å². The summed E-state index contributed by atoms with van der Waals surface area (Å²) in [4.78, 5) is 11.3. The third kappa shape index (κ3) is 4.45. The van der Waals surface area contributed by atoms with E-state index in [1.807, 2.05) is 0 Å². The van der Waals surface area contributed by atoms with Crippen molar-refractivity contribution < 1.29 is 27.1 Å². The van der Waals surface area contributed by atoms with Gasteiger partial charge < -0.3 is 10.0 Å². The smallest absolute Gasteiger partial charge is 0.318 e. The molecule has 0 aliphatic rings. The summed E-state index contributed by atoms with van der Waals surface area (Å²) in [5.74, 6) is -3.92. The van der Waals surface area contributed by atoms with Crippen LogP contribution in [0.15, 0.2) is 23.1 Å². The summed E-state index contributed by atoms with van der Waals surface area (Å²) in [7, 11) is -1.25. The summed E-state index contributed by atoms with van der Waals surface area (Å²) < 4.78 is 52.4. The molecule has 1 aromatic rings. The number of sulfonamides is 1. The van der Waals surface area contributed by atoms with E-state index in [1.165, 1.54) is 0 Å². The summed E-state index contributed by atoms with van der Waals surface area (Å²) in [6.45, 7) is -0.859. The average Bonchev–Trinajstić information content (AvgIpc) is 2.33. The van der Waals surface area contributed by atoms with Crippen molar-refractivity contribution in [1.82, 2.24) is 9.21 Å². The molecule has 0 aromatic heterocycles. The van der Waals surface area contributed by atoms with Gasteiger partial charge in [0.05, 0.1) is 0 Å². The van der Waals surface area contributed by atoms with Gasteiger partial charge in [0.1, 0.15) is 18.2 Å². The molecule has 0 fully saturated rings. The molecule has 0 bridgehead atoms. The maximum atomic E-state index is 13.6. The Kier molecular flexibility index (Phi) is 5.76. The van der Waals surface area contributed by atoms with Crippen molar-refractivity contribution in [2.24, 2.45) is 0 Å². The highest BCUT2D eigenvalue weighted by atomic mass is 32.2. The third-order valence-corrected chi connectivity index (χ3v) is 4.52. The number of aliphatic carboxylic acids is 1. The molecule has 9 heteroatoms. The zero-order valence-corrected chi connectivity index (χ0v) is 12.4. The lowest BCUT2D eigenvalue weighted by molar-refractivity contribution is -0.137.